The summed E-state index contributed by atoms with van der Waals surface area (Å²) in [4.78, 5) is 12.5. The molecule has 0 unspecified atom stereocenters. The maximum atomic E-state index is 13.0. The Morgan fingerprint density at radius 1 is 0.857 bits per heavy atom. The van der Waals surface area contributed by atoms with E-state index < -0.39 is 15.8 Å². The summed E-state index contributed by atoms with van der Waals surface area (Å²) in [6.07, 6.45) is 0. The average molecular weight is 398 g/mol. The molecule has 0 saturated carbocycles. The zero-order chi connectivity index (χ0) is 20.3. The van der Waals surface area contributed by atoms with Gasteiger partial charge in [-0.2, -0.15) is 0 Å². The molecule has 0 bridgehead atoms. The first kappa shape index (κ1) is 19.6. The Balaban J connectivity index is 1.77. The molecule has 0 aliphatic heterocycles. The lowest BCUT2D eigenvalue weighted by atomic mass is 10.1. The minimum absolute atomic E-state index is 0.000414. The Morgan fingerprint density at radius 3 is 2.00 bits per heavy atom. The highest BCUT2D eigenvalue weighted by Crippen LogP contribution is 2.21. The van der Waals surface area contributed by atoms with Gasteiger partial charge >= 0.3 is 0 Å². The topological polar surface area (TPSA) is 75.3 Å². The number of hydrogen-bond donors (Lipinski definition) is 2. The van der Waals surface area contributed by atoms with Gasteiger partial charge in [0.05, 0.1) is 4.90 Å². The molecule has 3 aromatic rings. The summed E-state index contributed by atoms with van der Waals surface area (Å²) in [5.74, 6) is -0.782. The number of carbonyl (C=O) groups excluding carboxylic acids is 1. The SMILES string of the molecule is Cc1cccc(C)c1NC(=O)c1ccc(S(=O)(=O)Nc2ccc(F)cc2)cc1. The Kier molecular flexibility index (Phi) is 5.46. The third-order valence-electron chi connectivity index (χ3n) is 4.24. The third-order valence-corrected chi connectivity index (χ3v) is 5.64. The number of amides is 1. The summed E-state index contributed by atoms with van der Waals surface area (Å²) in [7, 11) is -3.85. The molecule has 0 aromatic heterocycles. The van der Waals surface area contributed by atoms with Crippen LogP contribution in [0.1, 0.15) is 21.5 Å². The summed E-state index contributed by atoms with van der Waals surface area (Å²) >= 11 is 0. The van der Waals surface area contributed by atoms with Gasteiger partial charge in [0, 0.05) is 16.9 Å². The maximum absolute atomic E-state index is 13.0. The zero-order valence-corrected chi connectivity index (χ0v) is 16.2. The predicted octanol–water partition coefficient (Wildman–Crippen LogP) is 4.50. The number of sulfonamides is 1. The zero-order valence-electron chi connectivity index (χ0n) is 15.4. The van der Waals surface area contributed by atoms with Gasteiger partial charge < -0.3 is 5.32 Å². The van der Waals surface area contributed by atoms with Crippen LogP contribution in [0, 0.1) is 19.7 Å². The molecule has 0 atom stereocenters. The number of anilines is 2. The molecule has 0 radical (unpaired) electrons. The molecule has 5 nitrogen and oxygen atoms in total. The highest BCUT2D eigenvalue weighted by atomic mass is 32.2. The highest BCUT2D eigenvalue weighted by molar-refractivity contribution is 7.92. The van der Waals surface area contributed by atoms with E-state index in [0.29, 0.717) is 5.56 Å². The summed E-state index contributed by atoms with van der Waals surface area (Å²) in [5, 5.41) is 2.86. The fraction of sp³-hybridized carbons (Fsp3) is 0.0952. The summed E-state index contributed by atoms with van der Waals surface area (Å²) in [6.45, 7) is 3.80. The van der Waals surface area contributed by atoms with E-state index in [4.69, 9.17) is 0 Å². The number of halogens is 1. The molecule has 0 aliphatic rings. The highest BCUT2D eigenvalue weighted by Gasteiger charge is 2.16. The second-order valence-corrected chi connectivity index (χ2v) is 8.04. The van der Waals surface area contributed by atoms with Crippen LogP contribution in [0.15, 0.2) is 71.6 Å². The van der Waals surface area contributed by atoms with Gasteiger partial charge in [0.15, 0.2) is 0 Å². The van der Waals surface area contributed by atoms with Gasteiger partial charge in [-0.1, -0.05) is 18.2 Å². The predicted molar refractivity (Wildman–Crippen MR) is 108 cm³/mol. The van der Waals surface area contributed by atoms with E-state index in [1.165, 1.54) is 48.5 Å². The van der Waals surface area contributed by atoms with Gasteiger partial charge in [0.1, 0.15) is 5.82 Å². The lowest BCUT2D eigenvalue weighted by Crippen LogP contribution is -2.15. The summed E-state index contributed by atoms with van der Waals surface area (Å²) < 4.78 is 40.2. The van der Waals surface area contributed by atoms with Crippen molar-refractivity contribution in [1.29, 1.82) is 0 Å². The van der Waals surface area contributed by atoms with Crippen molar-refractivity contribution in [3.63, 3.8) is 0 Å². The Morgan fingerprint density at radius 2 is 1.43 bits per heavy atom. The first-order valence-electron chi connectivity index (χ1n) is 8.52. The van der Waals surface area contributed by atoms with Crippen molar-refractivity contribution < 1.29 is 17.6 Å². The number of nitrogens with one attached hydrogen (secondary N) is 2. The van der Waals surface area contributed by atoms with Gasteiger partial charge in [-0.15, -0.1) is 0 Å². The number of rotatable bonds is 5. The van der Waals surface area contributed by atoms with E-state index in [1.807, 2.05) is 32.0 Å². The number of benzene rings is 3. The monoisotopic (exact) mass is 398 g/mol. The molecule has 3 rings (SSSR count). The second-order valence-electron chi connectivity index (χ2n) is 6.36. The molecule has 0 spiro atoms. The second kappa shape index (κ2) is 7.82. The summed E-state index contributed by atoms with van der Waals surface area (Å²) in [6, 6.07) is 16.3. The molecule has 28 heavy (non-hydrogen) atoms. The van der Waals surface area contributed by atoms with Crippen LogP contribution in [0.5, 0.6) is 0 Å². The van der Waals surface area contributed by atoms with E-state index in [9.17, 15) is 17.6 Å². The summed E-state index contributed by atoms with van der Waals surface area (Å²) in [5.41, 5.74) is 3.20. The Bertz CT molecular complexity index is 1090. The van der Waals surface area contributed by atoms with Gasteiger partial charge in [-0.3, -0.25) is 9.52 Å². The smallest absolute Gasteiger partial charge is 0.261 e. The van der Waals surface area contributed by atoms with Crippen LogP contribution in [0.3, 0.4) is 0 Å². The van der Waals surface area contributed by atoms with Crippen molar-refractivity contribution in [3.05, 3.63) is 89.2 Å². The average Bonchev–Trinajstić information content (AvgIpc) is 2.66. The standard InChI is InChI=1S/C21H19FN2O3S/c1-14-4-3-5-15(2)20(14)23-21(25)16-6-12-19(13-7-16)28(26,27)24-18-10-8-17(22)9-11-18/h3-13,24H,1-2H3,(H,23,25). The lowest BCUT2D eigenvalue weighted by Gasteiger charge is -2.12. The van der Waals surface area contributed by atoms with Crippen LogP contribution in [-0.4, -0.2) is 14.3 Å². The molecule has 1 amide bonds. The lowest BCUT2D eigenvalue weighted by molar-refractivity contribution is 0.102. The third kappa shape index (κ3) is 4.37. The van der Waals surface area contributed by atoms with E-state index in [0.717, 1.165) is 16.8 Å². The van der Waals surface area contributed by atoms with Crippen molar-refractivity contribution in [1.82, 2.24) is 0 Å². The fourth-order valence-electron chi connectivity index (χ4n) is 2.71. The van der Waals surface area contributed by atoms with E-state index in [1.54, 1.807) is 0 Å². The molecule has 144 valence electrons. The molecular formula is C21H19FN2O3S. The van der Waals surface area contributed by atoms with Gasteiger partial charge in [-0.25, -0.2) is 12.8 Å². The van der Waals surface area contributed by atoms with Crippen LogP contribution < -0.4 is 10.0 Å². The minimum Gasteiger partial charge on any atom is -0.322 e. The van der Waals surface area contributed by atoms with Crippen molar-refractivity contribution in [2.24, 2.45) is 0 Å². The molecule has 0 saturated heterocycles. The molecule has 0 heterocycles. The van der Waals surface area contributed by atoms with E-state index in [-0.39, 0.29) is 16.5 Å². The Hall–Kier alpha value is -3.19. The molecular weight excluding hydrogens is 379 g/mol. The van der Waals surface area contributed by atoms with Crippen LogP contribution in [0.2, 0.25) is 0 Å². The fourth-order valence-corrected chi connectivity index (χ4v) is 3.77. The van der Waals surface area contributed by atoms with Crippen LogP contribution >= 0.6 is 0 Å². The van der Waals surface area contributed by atoms with Gasteiger partial charge in [0.2, 0.25) is 0 Å². The number of hydrogen-bond acceptors (Lipinski definition) is 3. The van der Waals surface area contributed by atoms with Crippen LogP contribution in [-0.2, 0) is 10.0 Å². The first-order valence-corrected chi connectivity index (χ1v) is 10.0. The molecule has 0 fully saturated rings. The Labute approximate surface area is 163 Å². The van der Waals surface area contributed by atoms with E-state index in [2.05, 4.69) is 10.0 Å². The molecule has 7 heteroatoms. The van der Waals surface area contributed by atoms with Crippen molar-refractivity contribution in [2.45, 2.75) is 18.7 Å². The maximum Gasteiger partial charge on any atom is 0.261 e. The first-order chi connectivity index (χ1) is 13.3. The van der Waals surface area contributed by atoms with Crippen LogP contribution in [0.4, 0.5) is 15.8 Å². The molecule has 0 aliphatic carbocycles. The van der Waals surface area contributed by atoms with Gasteiger partial charge in [-0.05, 0) is 73.5 Å². The number of aryl methyl sites for hydroxylation is 2. The van der Waals surface area contributed by atoms with E-state index >= 15 is 0 Å². The molecule has 3 aromatic carbocycles. The van der Waals surface area contributed by atoms with Crippen molar-refractivity contribution >= 4 is 27.3 Å². The van der Waals surface area contributed by atoms with Gasteiger partial charge in [0.25, 0.3) is 15.9 Å². The quantitative estimate of drug-likeness (QED) is 0.665. The van der Waals surface area contributed by atoms with Crippen molar-refractivity contribution in [2.75, 3.05) is 10.0 Å². The molecule has 2 N–H and O–H groups in total. The minimum atomic E-state index is -3.85. The number of para-hydroxylation sites is 1. The number of carbonyl (C=O) groups is 1. The normalized spacial score (nSPS) is 11.1. The van der Waals surface area contributed by atoms with Crippen LogP contribution in [0.25, 0.3) is 0 Å². The largest absolute Gasteiger partial charge is 0.322 e. The van der Waals surface area contributed by atoms with Crippen molar-refractivity contribution in [3.8, 4) is 0 Å².